The molecule has 0 aliphatic rings. The maximum absolute atomic E-state index is 10.2. The number of aliphatic carboxylic acids is 1. The number of unbranched alkanes of at least 4 members (excludes halogenated alkanes) is 11. The third kappa shape index (κ3) is 16.8. The van der Waals surface area contributed by atoms with Crippen molar-refractivity contribution in [3.8, 4) is 11.8 Å². The van der Waals surface area contributed by atoms with Gasteiger partial charge in [-0.2, -0.15) is 0 Å². The number of hydrogen-bond acceptors (Lipinski definition) is 1. The van der Waals surface area contributed by atoms with Crippen molar-refractivity contribution in [1.29, 1.82) is 0 Å². The van der Waals surface area contributed by atoms with E-state index in [0.717, 1.165) is 18.9 Å². The molecule has 0 aromatic carbocycles. The number of carboxylic acid groups (broad SMARTS) is 1. The average Bonchev–Trinajstić information content (AvgIpc) is 2.43. The van der Waals surface area contributed by atoms with Gasteiger partial charge < -0.3 is 5.11 Å². The second-order valence-corrected chi connectivity index (χ2v) is 5.28. The molecule has 0 amide bonds. The first-order valence-electron chi connectivity index (χ1n) is 8.15. The van der Waals surface area contributed by atoms with E-state index in [1.54, 1.807) is 0 Å². The molecule has 20 heavy (non-hydrogen) atoms. The Balaban J connectivity index is 3.15. The fourth-order valence-electron chi connectivity index (χ4n) is 2.12. The molecule has 0 aromatic heterocycles. The van der Waals surface area contributed by atoms with Crippen LogP contribution in [-0.2, 0) is 4.79 Å². The van der Waals surface area contributed by atoms with Gasteiger partial charge in [0.15, 0.2) is 0 Å². The predicted octanol–water partition coefficient (Wildman–Crippen LogP) is 5.33. The first-order chi connectivity index (χ1) is 9.77. The highest BCUT2D eigenvalue weighted by atomic mass is 16.4. The van der Waals surface area contributed by atoms with Gasteiger partial charge in [-0.25, -0.2) is 4.79 Å². The van der Waals surface area contributed by atoms with E-state index in [1.165, 1.54) is 70.3 Å². The van der Waals surface area contributed by atoms with Crippen LogP contribution in [0.3, 0.4) is 0 Å². The Bertz CT molecular complexity index is 307. The molecule has 0 aliphatic carbocycles. The molecular formula is C18H30O2. The van der Waals surface area contributed by atoms with Crippen molar-refractivity contribution in [3.63, 3.8) is 0 Å². The van der Waals surface area contributed by atoms with Crippen LogP contribution in [0.25, 0.3) is 0 Å². The number of carboxylic acids is 1. The van der Waals surface area contributed by atoms with Gasteiger partial charge in [-0.1, -0.05) is 83.0 Å². The van der Waals surface area contributed by atoms with Gasteiger partial charge in [-0.3, -0.25) is 0 Å². The van der Waals surface area contributed by atoms with Crippen LogP contribution in [0, 0.1) is 11.8 Å². The van der Waals surface area contributed by atoms with Crippen LogP contribution in [0.4, 0.5) is 0 Å². The normalized spacial score (nSPS) is 10.4. The van der Waals surface area contributed by atoms with Crippen LogP contribution < -0.4 is 0 Å². The molecule has 1 N–H and O–H groups in total. The molecule has 0 unspecified atom stereocenters. The van der Waals surface area contributed by atoms with E-state index < -0.39 is 5.97 Å². The predicted molar refractivity (Wildman–Crippen MR) is 85.6 cm³/mol. The van der Waals surface area contributed by atoms with E-state index in [9.17, 15) is 4.79 Å². The van der Waals surface area contributed by atoms with Gasteiger partial charge >= 0.3 is 5.97 Å². The van der Waals surface area contributed by atoms with Crippen LogP contribution in [0.5, 0.6) is 0 Å². The van der Waals surface area contributed by atoms with Crippen molar-refractivity contribution >= 4 is 5.97 Å². The molecule has 0 spiro atoms. The maximum Gasteiger partial charge on any atom is 0.328 e. The standard InChI is InChI=1S/C18H30O2/c1-2-3-4-5-6-7-8-9-10-11-12-13-14-15-16-17-18(19)20/h16-17H,2-13H2,1H3,(H,19,20)/b17-16+. The lowest BCUT2D eigenvalue weighted by Gasteiger charge is -2.01. The molecule has 2 heteroatoms. The molecule has 0 bridgehead atoms. The highest BCUT2D eigenvalue weighted by Gasteiger charge is 1.92. The monoisotopic (exact) mass is 278 g/mol. The smallest absolute Gasteiger partial charge is 0.328 e. The zero-order valence-electron chi connectivity index (χ0n) is 13.0. The van der Waals surface area contributed by atoms with Crippen molar-refractivity contribution in [3.05, 3.63) is 12.2 Å². The fraction of sp³-hybridized carbons (Fsp3) is 0.722. The Labute approximate surface area is 124 Å². The van der Waals surface area contributed by atoms with E-state index >= 15 is 0 Å². The molecular weight excluding hydrogens is 248 g/mol. The second kappa shape index (κ2) is 15.8. The summed E-state index contributed by atoms with van der Waals surface area (Å²) in [6.07, 6.45) is 18.1. The van der Waals surface area contributed by atoms with Crippen molar-refractivity contribution in [2.24, 2.45) is 0 Å². The Morgan fingerprint density at radius 1 is 0.900 bits per heavy atom. The second-order valence-electron chi connectivity index (χ2n) is 5.28. The third-order valence-electron chi connectivity index (χ3n) is 3.32. The van der Waals surface area contributed by atoms with Gasteiger partial charge in [0.25, 0.3) is 0 Å². The highest BCUT2D eigenvalue weighted by molar-refractivity contribution is 5.80. The minimum absolute atomic E-state index is 0.876. The topological polar surface area (TPSA) is 37.3 Å². The van der Waals surface area contributed by atoms with E-state index in [-0.39, 0.29) is 0 Å². The number of hydrogen-bond donors (Lipinski definition) is 1. The van der Waals surface area contributed by atoms with Crippen molar-refractivity contribution in [2.75, 3.05) is 0 Å². The molecule has 2 nitrogen and oxygen atoms in total. The average molecular weight is 278 g/mol. The summed E-state index contributed by atoms with van der Waals surface area (Å²) in [5.74, 6) is 4.78. The molecule has 0 aromatic rings. The molecule has 0 saturated carbocycles. The summed E-state index contributed by atoms with van der Waals surface area (Å²) in [5, 5.41) is 8.36. The molecule has 0 atom stereocenters. The van der Waals surface area contributed by atoms with E-state index in [2.05, 4.69) is 18.8 Å². The fourth-order valence-corrected chi connectivity index (χ4v) is 2.12. The summed E-state index contributed by atoms with van der Waals surface area (Å²) >= 11 is 0. The van der Waals surface area contributed by atoms with E-state index in [1.807, 2.05) is 0 Å². The first kappa shape index (κ1) is 18.8. The van der Waals surface area contributed by atoms with Gasteiger partial charge in [-0.15, -0.1) is 0 Å². The molecule has 114 valence electrons. The highest BCUT2D eigenvalue weighted by Crippen LogP contribution is 2.11. The molecule has 0 saturated heterocycles. The third-order valence-corrected chi connectivity index (χ3v) is 3.32. The zero-order valence-corrected chi connectivity index (χ0v) is 13.0. The Kier molecular flexibility index (Phi) is 14.9. The summed E-state index contributed by atoms with van der Waals surface area (Å²) in [7, 11) is 0. The van der Waals surface area contributed by atoms with Crippen LogP contribution in [-0.4, -0.2) is 11.1 Å². The summed E-state index contributed by atoms with van der Waals surface area (Å²) in [6, 6.07) is 0. The molecule has 0 fully saturated rings. The molecule has 0 rings (SSSR count). The van der Waals surface area contributed by atoms with E-state index in [4.69, 9.17) is 5.11 Å². The summed E-state index contributed by atoms with van der Waals surface area (Å²) in [6.45, 7) is 2.26. The molecule has 0 aliphatic heterocycles. The molecule has 0 heterocycles. The van der Waals surface area contributed by atoms with Gasteiger partial charge in [0.05, 0.1) is 0 Å². The number of allylic oxidation sites excluding steroid dienone is 1. The van der Waals surface area contributed by atoms with Gasteiger partial charge in [0, 0.05) is 12.5 Å². The van der Waals surface area contributed by atoms with Crippen LogP contribution >= 0.6 is 0 Å². The number of carbonyl (C=O) groups is 1. The van der Waals surface area contributed by atoms with Gasteiger partial charge in [0.2, 0.25) is 0 Å². The van der Waals surface area contributed by atoms with Gasteiger partial charge in [0.1, 0.15) is 0 Å². The van der Waals surface area contributed by atoms with Crippen molar-refractivity contribution in [1.82, 2.24) is 0 Å². The van der Waals surface area contributed by atoms with Gasteiger partial charge in [-0.05, 0) is 12.5 Å². The quantitative estimate of drug-likeness (QED) is 0.297. The van der Waals surface area contributed by atoms with Crippen molar-refractivity contribution < 1.29 is 9.90 Å². The largest absolute Gasteiger partial charge is 0.478 e. The van der Waals surface area contributed by atoms with Crippen LogP contribution in [0.15, 0.2) is 12.2 Å². The summed E-state index contributed by atoms with van der Waals surface area (Å²) < 4.78 is 0. The SMILES string of the molecule is CCCCCCCCCCCCCC#C/C=C/C(=O)O. The van der Waals surface area contributed by atoms with Crippen LogP contribution in [0.2, 0.25) is 0 Å². The lowest BCUT2D eigenvalue weighted by atomic mass is 10.1. The lowest BCUT2D eigenvalue weighted by molar-refractivity contribution is -0.131. The minimum Gasteiger partial charge on any atom is -0.478 e. The van der Waals surface area contributed by atoms with Crippen molar-refractivity contribution in [2.45, 2.75) is 84.0 Å². The molecule has 0 radical (unpaired) electrons. The van der Waals surface area contributed by atoms with Crippen LogP contribution in [0.1, 0.15) is 84.0 Å². The Hall–Kier alpha value is -1.23. The summed E-state index contributed by atoms with van der Waals surface area (Å²) in [4.78, 5) is 10.2. The zero-order chi connectivity index (χ0) is 14.9. The Morgan fingerprint density at radius 2 is 1.40 bits per heavy atom. The summed E-state index contributed by atoms with van der Waals surface area (Å²) in [5.41, 5.74) is 0. The Morgan fingerprint density at radius 3 is 1.90 bits per heavy atom. The first-order valence-corrected chi connectivity index (χ1v) is 8.15. The minimum atomic E-state index is -0.936. The lowest BCUT2D eigenvalue weighted by Crippen LogP contribution is -1.84. The van der Waals surface area contributed by atoms with E-state index in [0.29, 0.717) is 0 Å². The maximum atomic E-state index is 10.2. The number of rotatable bonds is 12.